The Morgan fingerprint density at radius 2 is 1.93 bits per heavy atom. The fourth-order valence-corrected chi connectivity index (χ4v) is 3.14. The fraction of sp³-hybridized carbons (Fsp3) is 1.00. The second-order valence-corrected chi connectivity index (χ2v) is 5.41. The third-order valence-corrected chi connectivity index (χ3v) is 4.79. The van der Waals surface area contributed by atoms with E-state index < -0.39 is 0 Å². The molecule has 2 aliphatic rings. The van der Waals surface area contributed by atoms with Gasteiger partial charge in [-0.2, -0.15) is 0 Å². The minimum Gasteiger partial charge on any atom is -0.330 e. The van der Waals surface area contributed by atoms with E-state index in [2.05, 4.69) is 25.7 Å². The second-order valence-electron chi connectivity index (χ2n) is 5.41. The Morgan fingerprint density at radius 1 is 1.21 bits per heavy atom. The van der Waals surface area contributed by atoms with Crippen LogP contribution in [0, 0.1) is 17.8 Å². The van der Waals surface area contributed by atoms with Crippen molar-refractivity contribution >= 4 is 0 Å². The maximum absolute atomic E-state index is 5.78. The number of rotatable bonds is 2. The van der Waals surface area contributed by atoms with E-state index in [0.717, 1.165) is 36.4 Å². The molecule has 5 atom stereocenters. The summed E-state index contributed by atoms with van der Waals surface area (Å²) in [5.74, 6) is 2.51. The van der Waals surface area contributed by atoms with Crippen LogP contribution in [0.1, 0.15) is 33.6 Å². The Kier molecular flexibility index (Phi) is 2.85. The SMILES string of the molecule is CC1CN(C2CCC2CN)C(C)C1C. The van der Waals surface area contributed by atoms with Crippen LogP contribution in [0.25, 0.3) is 0 Å². The molecule has 14 heavy (non-hydrogen) atoms. The Labute approximate surface area is 87.8 Å². The molecule has 1 saturated heterocycles. The van der Waals surface area contributed by atoms with Crippen LogP contribution in [0.5, 0.6) is 0 Å². The largest absolute Gasteiger partial charge is 0.330 e. The molecule has 1 aliphatic heterocycles. The number of hydrogen-bond acceptors (Lipinski definition) is 2. The van der Waals surface area contributed by atoms with Gasteiger partial charge in [-0.25, -0.2) is 0 Å². The van der Waals surface area contributed by atoms with E-state index in [-0.39, 0.29) is 0 Å². The monoisotopic (exact) mass is 196 g/mol. The predicted molar refractivity (Wildman–Crippen MR) is 60.1 cm³/mol. The number of nitrogens with zero attached hydrogens (tertiary/aromatic N) is 1. The maximum atomic E-state index is 5.78. The van der Waals surface area contributed by atoms with Crippen molar-refractivity contribution in [2.75, 3.05) is 13.1 Å². The van der Waals surface area contributed by atoms with E-state index in [1.54, 1.807) is 0 Å². The fourth-order valence-electron chi connectivity index (χ4n) is 3.14. The van der Waals surface area contributed by atoms with Gasteiger partial charge in [-0.05, 0) is 44.1 Å². The molecule has 0 amide bonds. The van der Waals surface area contributed by atoms with Crippen molar-refractivity contribution in [2.45, 2.75) is 45.7 Å². The zero-order valence-electron chi connectivity index (χ0n) is 9.74. The van der Waals surface area contributed by atoms with Crippen molar-refractivity contribution in [3.05, 3.63) is 0 Å². The number of hydrogen-bond donors (Lipinski definition) is 1. The van der Waals surface area contributed by atoms with E-state index >= 15 is 0 Å². The molecule has 2 N–H and O–H groups in total. The molecule has 0 aromatic carbocycles. The number of nitrogens with two attached hydrogens (primary N) is 1. The summed E-state index contributed by atoms with van der Waals surface area (Å²) in [5.41, 5.74) is 5.78. The average Bonchev–Trinajstić information content (AvgIpc) is 2.33. The van der Waals surface area contributed by atoms with Crippen LogP contribution in [0.4, 0.5) is 0 Å². The zero-order valence-corrected chi connectivity index (χ0v) is 9.74. The highest BCUT2D eigenvalue weighted by molar-refractivity contribution is 4.97. The van der Waals surface area contributed by atoms with Gasteiger partial charge in [0.2, 0.25) is 0 Å². The van der Waals surface area contributed by atoms with Crippen LogP contribution < -0.4 is 5.73 Å². The molecule has 5 unspecified atom stereocenters. The van der Waals surface area contributed by atoms with Crippen molar-refractivity contribution in [1.29, 1.82) is 0 Å². The van der Waals surface area contributed by atoms with Crippen LogP contribution in [-0.4, -0.2) is 30.1 Å². The summed E-state index contributed by atoms with van der Waals surface area (Å²) in [7, 11) is 0. The lowest BCUT2D eigenvalue weighted by molar-refractivity contribution is 0.0550. The van der Waals surface area contributed by atoms with Gasteiger partial charge in [0.1, 0.15) is 0 Å². The highest BCUT2D eigenvalue weighted by atomic mass is 15.2. The van der Waals surface area contributed by atoms with Crippen LogP contribution in [-0.2, 0) is 0 Å². The van der Waals surface area contributed by atoms with Gasteiger partial charge in [-0.3, -0.25) is 4.90 Å². The Hall–Kier alpha value is -0.0800. The van der Waals surface area contributed by atoms with Crippen molar-refractivity contribution in [2.24, 2.45) is 23.5 Å². The molecule has 2 heteroatoms. The van der Waals surface area contributed by atoms with E-state index in [1.165, 1.54) is 19.4 Å². The van der Waals surface area contributed by atoms with E-state index in [1.807, 2.05) is 0 Å². The summed E-state index contributed by atoms with van der Waals surface area (Å²) in [5, 5.41) is 0. The first-order valence-corrected chi connectivity index (χ1v) is 6.11. The molecule has 2 fully saturated rings. The van der Waals surface area contributed by atoms with Gasteiger partial charge in [0.25, 0.3) is 0 Å². The Bertz CT molecular complexity index is 202. The van der Waals surface area contributed by atoms with Gasteiger partial charge < -0.3 is 5.73 Å². The quantitative estimate of drug-likeness (QED) is 0.728. The lowest BCUT2D eigenvalue weighted by Crippen LogP contribution is -2.51. The normalized spacial score (nSPS) is 49.3. The van der Waals surface area contributed by atoms with Crippen molar-refractivity contribution in [3.63, 3.8) is 0 Å². The van der Waals surface area contributed by atoms with E-state index in [9.17, 15) is 0 Å². The highest BCUT2D eigenvalue weighted by Gasteiger charge is 2.42. The summed E-state index contributed by atoms with van der Waals surface area (Å²) >= 11 is 0. The summed E-state index contributed by atoms with van der Waals surface area (Å²) in [6.45, 7) is 9.35. The molecular formula is C12H24N2. The summed E-state index contributed by atoms with van der Waals surface area (Å²) in [6.07, 6.45) is 2.73. The molecular weight excluding hydrogens is 172 g/mol. The molecule has 2 nitrogen and oxygen atoms in total. The molecule has 1 heterocycles. The van der Waals surface area contributed by atoms with E-state index in [0.29, 0.717) is 0 Å². The molecule has 0 aromatic heterocycles. The molecule has 0 aromatic rings. The van der Waals surface area contributed by atoms with Crippen LogP contribution in [0.2, 0.25) is 0 Å². The Balaban J connectivity index is 1.98. The minimum absolute atomic E-state index is 0.768. The van der Waals surface area contributed by atoms with Gasteiger partial charge in [0.05, 0.1) is 0 Å². The number of likely N-dealkylation sites (tertiary alicyclic amines) is 1. The third-order valence-electron chi connectivity index (χ3n) is 4.79. The highest BCUT2D eigenvalue weighted by Crippen LogP contribution is 2.39. The third kappa shape index (κ3) is 1.49. The summed E-state index contributed by atoms with van der Waals surface area (Å²) < 4.78 is 0. The summed E-state index contributed by atoms with van der Waals surface area (Å²) in [4.78, 5) is 2.72. The first kappa shape index (κ1) is 10.4. The zero-order chi connectivity index (χ0) is 10.3. The van der Waals surface area contributed by atoms with Gasteiger partial charge >= 0.3 is 0 Å². The van der Waals surface area contributed by atoms with Gasteiger partial charge in [-0.1, -0.05) is 13.8 Å². The van der Waals surface area contributed by atoms with Gasteiger partial charge in [-0.15, -0.1) is 0 Å². The maximum Gasteiger partial charge on any atom is 0.0139 e. The van der Waals surface area contributed by atoms with Crippen LogP contribution in [0.3, 0.4) is 0 Å². The van der Waals surface area contributed by atoms with Gasteiger partial charge in [0, 0.05) is 18.6 Å². The van der Waals surface area contributed by atoms with Crippen LogP contribution >= 0.6 is 0 Å². The standard InChI is InChI=1S/C12H24N2/c1-8-7-14(10(3)9(8)2)12-5-4-11(12)6-13/h8-12H,4-7,13H2,1-3H3. The molecule has 1 aliphatic carbocycles. The first-order valence-electron chi connectivity index (χ1n) is 6.11. The average molecular weight is 196 g/mol. The smallest absolute Gasteiger partial charge is 0.0139 e. The molecule has 1 saturated carbocycles. The Morgan fingerprint density at radius 3 is 2.29 bits per heavy atom. The van der Waals surface area contributed by atoms with Crippen molar-refractivity contribution in [3.8, 4) is 0 Å². The lowest BCUT2D eigenvalue weighted by atomic mass is 9.78. The topological polar surface area (TPSA) is 29.3 Å². The minimum atomic E-state index is 0.768. The lowest BCUT2D eigenvalue weighted by Gasteiger charge is -2.44. The van der Waals surface area contributed by atoms with Crippen molar-refractivity contribution in [1.82, 2.24) is 4.90 Å². The molecule has 0 spiro atoms. The van der Waals surface area contributed by atoms with Gasteiger partial charge in [0.15, 0.2) is 0 Å². The first-order chi connectivity index (χ1) is 6.65. The van der Waals surface area contributed by atoms with E-state index in [4.69, 9.17) is 5.73 Å². The molecule has 82 valence electrons. The molecule has 0 bridgehead atoms. The summed E-state index contributed by atoms with van der Waals surface area (Å²) in [6, 6.07) is 1.58. The second kappa shape index (κ2) is 3.82. The molecule has 2 rings (SSSR count). The predicted octanol–water partition coefficient (Wildman–Crippen LogP) is 1.70. The van der Waals surface area contributed by atoms with Crippen LogP contribution in [0.15, 0.2) is 0 Å². The molecule has 0 radical (unpaired) electrons. The van der Waals surface area contributed by atoms with Crippen molar-refractivity contribution < 1.29 is 0 Å².